The topological polar surface area (TPSA) is 175 Å². The molecule has 0 spiro atoms. The van der Waals surface area contributed by atoms with Crippen LogP contribution >= 0.6 is 0 Å². The summed E-state index contributed by atoms with van der Waals surface area (Å²) in [4.78, 5) is 0. The van der Waals surface area contributed by atoms with E-state index in [4.69, 9.17) is 20.4 Å². The third-order valence-electron chi connectivity index (χ3n) is 7.22. The molecule has 0 rings (SSSR count). The van der Waals surface area contributed by atoms with Crippen molar-refractivity contribution >= 4 is 0 Å². The van der Waals surface area contributed by atoms with Gasteiger partial charge in [0.25, 0.3) is 35.5 Å². The van der Waals surface area contributed by atoms with Gasteiger partial charge in [0.2, 0.25) is 0 Å². The van der Waals surface area contributed by atoms with Gasteiger partial charge in [-0.1, -0.05) is 0 Å². The zero-order valence-corrected chi connectivity index (χ0v) is 33.9. The van der Waals surface area contributed by atoms with Crippen LogP contribution < -0.4 is 0 Å². The van der Waals surface area contributed by atoms with Crippen molar-refractivity contribution in [1.82, 2.24) is 0 Å². The second-order valence-corrected chi connectivity index (χ2v) is 14.6. The van der Waals surface area contributed by atoms with Gasteiger partial charge >= 0.3 is 24.4 Å². The average molecular weight is 1030 g/mol. The fourth-order valence-electron chi connectivity index (χ4n) is 4.56. The highest BCUT2D eigenvalue weighted by molar-refractivity contribution is 4.79. The molecule has 0 aromatic rings. The van der Waals surface area contributed by atoms with Crippen molar-refractivity contribution in [3.05, 3.63) is 0 Å². The molecule has 5 N–H and O–H groups in total. The molecule has 0 aliphatic rings. The minimum atomic E-state index is -5.53. The van der Waals surface area contributed by atoms with E-state index in [9.17, 15) is 92.9 Å². The summed E-state index contributed by atoms with van der Waals surface area (Å²) >= 11 is 0. The summed E-state index contributed by atoms with van der Waals surface area (Å²) in [6.45, 7) is -19.6. The molecular weight excluding hydrogens is 984 g/mol. The van der Waals surface area contributed by atoms with Crippen molar-refractivity contribution in [2.75, 3.05) is 92.5 Å². The summed E-state index contributed by atoms with van der Waals surface area (Å²) in [5.41, 5.74) is 0. The molecule has 0 heterocycles. The van der Waals surface area contributed by atoms with Gasteiger partial charge in [-0.15, -0.1) is 0 Å². The van der Waals surface area contributed by atoms with E-state index in [1.165, 1.54) is 0 Å². The molecule has 0 aliphatic carbocycles. The molecule has 2 unspecified atom stereocenters. The quantitative estimate of drug-likeness (QED) is 0.0374. The lowest BCUT2D eigenvalue weighted by Gasteiger charge is -2.29. The normalized spacial score (nSPS) is 16.0. The Hall–Kier alpha value is -1.92. The second kappa shape index (κ2) is 26.9. The van der Waals surface area contributed by atoms with Crippen LogP contribution in [0.5, 0.6) is 0 Å². The predicted octanol–water partition coefficient (Wildman–Crippen LogP) is 5.71. The fraction of sp³-hybridized carbons (Fsp3) is 1.00. The van der Waals surface area contributed by atoms with Gasteiger partial charge in [0.1, 0.15) is 83.6 Å². The van der Waals surface area contributed by atoms with Crippen molar-refractivity contribution in [2.24, 2.45) is 0 Å². The van der Waals surface area contributed by atoms with Gasteiger partial charge in [0, 0.05) is 12.8 Å². The molecule has 0 radical (unpaired) electrons. The van der Waals surface area contributed by atoms with Crippen molar-refractivity contribution in [2.45, 2.75) is 117 Å². The van der Waals surface area contributed by atoms with E-state index in [0.717, 1.165) is 0 Å². The van der Waals surface area contributed by atoms with E-state index < -0.39 is 209 Å². The summed E-state index contributed by atoms with van der Waals surface area (Å²) in [5.74, 6) is -27.0. The summed E-state index contributed by atoms with van der Waals surface area (Å²) < 4.78 is 308. The van der Waals surface area contributed by atoms with Crippen molar-refractivity contribution < 1.29 is 151 Å². The van der Waals surface area contributed by atoms with E-state index in [2.05, 4.69) is 37.9 Å². The number of hydrogen-bond acceptors (Lipinski definition) is 13. The van der Waals surface area contributed by atoms with Crippen molar-refractivity contribution in [3.8, 4) is 0 Å². The van der Waals surface area contributed by atoms with Crippen LogP contribution in [0.1, 0.15) is 38.5 Å². The van der Waals surface area contributed by atoms with Crippen molar-refractivity contribution in [1.29, 1.82) is 0 Å². The van der Waals surface area contributed by atoms with Crippen LogP contribution in [0.2, 0.25) is 0 Å². The molecule has 0 saturated heterocycles. The van der Waals surface area contributed by atoms with Gasteiger partial charge in [-0.25, -0.2) is 52.7 Å². The first-order valence-corrected chi connectivity index (χ1v) is 18.6. The standard InChI is InChI=1S/C33H48F20O13/c34-24(35,15-63-19-28(42,43)13-32(50,51)65-30(46,47)11-26(38,39)17-61-7-21(56)5-54)1-3-59-9-23(58)10-60-4-2-25(36,37)16-64-20-29(44,45)14-33(52,53)66-31(48,49)12-27(40,41)18-62-8-22(57)6-55/h21-23,54-58H,1-20H2. The smallest absolute Gasteiger partial charge is 0.366 e. The SMILES string of the molecule is OCC(O)COCC(F)(F)CC(F)(F)OC(F)(F)CC(F)(F)COCC(F)(F)CCOCC(O)COCCC(F)(F)COCC(F)(F)CC(F)(F)OC(F)(F)CC(F)(F)COCC(O)CO. The Morgan fingerprint density at radius 3 is 0.788 bits per heavy atom. The Bertz CT molecular complexity index is 1240. The maximum atomic E-state index is 14.0. The molecule has 0 bridgehead atoms. The highest BCUT2D eigenvalue weighted by Gasteiger charge is 2.56. The van der Waals surface area contributed by atoms with E-state index in [-0.39, 0.29) is 0 Å². The second-order valence-electron chi connectivity index (χ2n) is 14.6. The van der Waals surface area contributed by atoms with Crippen LogP contribution in [0, 0.1) is 0 Å². The van der Waals surface area contributed by atoms with Crippen LogP contribution in [0.3, 0.4) is 0 Å². The minimum absolute atomic E-state index is 0.845. The van der Waals surface area contributed by atoms with Crippen LogP contribution in [0.4, 0.5) is 87.8 Å². The average Bonchev–Trinajstić information content (AvgIpc) is 3.07. The molecule has 0 fully saturated rings. The van der Waals surface area contributed by atoms with Crippen LogP contribution in [-0.2, 0) is 37.9 Å². The molecule has 0 saturated carbocycles. The van der Waals surface area contributed by atoms with Gasteiger partial charge in [-0.2, -0.15) is 35.1 Å². The summed E-state index contributed by atoms with van der Waals surface area (Å²) in [6.07, 6.45) is -41.3. The summed E-state index contributed by atoms with van der Waals surface area (Å²) in [7, 11) is 0. The summed E-state index contributed by atoms with van der Waals surface area (Å²) in [5, 5.41) is 44.7. The van der Waals surface area contributed by atoms with E-state index in [1.807, 2.05) is 0 Å². The first-order valence-electron chi connectivity index (χ1n) is 18.6. The van der Waals surface area contributed by atoms with E-state index in [1.54, 1.807) is 0 Å². The monoisotopic (exact) mass is 1030 g/mol. The van der Waals surface area contributed by atoms with Crippen LogP contribution in [-0.4, -0.2) is 196 Å². The van der Waals surface area contributed by atoms with E-state index >= 15 is 0 Å². The third-order valence-corrected chi connectivity index (χ3v) is 7.22. The number of rotatable bonds is 40. The molecule has 66 heavy (non-hydrogen) atoms. The highest BCUT2D eigenvalue weighted by Crippen LogP contribution is 2.42. The number of hydrogen-bond donors (Lipinski definition) is 5. The lowest BCUT2D eigenvalue weighted by molar-refractivity contribution is -0.400. The van der Waals surface area contributed by atoms with Crippen LogP contribution in [0.15, 0.2) is 0 Å². The minimum Gasteiger partial charge on any atom is -0.394 e. The Labute approximate surface area is 361 Å². The number of alkyl halides is 20. The Morgan fingerprint density at radius 2 is 0.530 bits per heavy atom. The molecular formula is C33H48F20O13. The third kappa shape index (κ3) is 32.8. The Kier molecular flexibility index (Phi) is 26.1. The summed E-state index contributed by atoms with van der Waals surface area (Å²) in [6, 6.07) is 0. The first-order chi connectivity index (χ1) is 29.7. The van der Waals surface area contributed by atoms with Gasteiger partial charge in [0.05, 0.1) is 52.9 Å². The lowest BCUT2D eigenvalue weighted by Crippen LogP contribution is -2.43. The van der Waals surface area contributed by atoms with Gasteiger partial charge < -0.3 is 54.0 Å². The number of aliphatic hydroxyl groups excluding tert-OH is 5. The van der Waals surface area contributed by atoms with E-state index in [0.29, 0.717) is 0 Å². The molecule has 2 atom stereocenters. The Morgan fingerprint density at radius 1 is 0.303 bits per heavy atom. The van der Waals surface area contributed by atoms with Crippen LogP contribution in [0.25, 0.3) is 0 Å². The predicted molar refractivity (Wildman–Crippen MR) is 176 cm³/mol. The lowest BCUT2D eigenvalue weighted by atomic mass is 10.2. The molecule has 0 aromatic carbocycles. The Balaban J connectivity index is 4.58. The maximum Gasteiger partial charge on any atom is 0.366 e. The zero-order valence-electron chi connectivity index (χ0n) is 33.9. The molecule has 0 aromatic heterocycles. The molecule has 33 heteroatoms. The number of ether oxygens (including phenoxy) is 8. The molecule has 0 amide bonds. The first kappa shape index (κ1) is 64.1. The number of aliphatic hydroxyl groups is 5. The van der Waals surface area contributed by atoms with Gasteiger partial charge in [0.15, 0.2) is 0 Å². The zero-order chi connectivity index (χ0) is 51.5. The fourth-order valence-corrected chi connectivity index (χ4v) is 4.56. The molecule has 0 aliphatic heterocycles. The van der Waals surface area contributed by atoms with Gasteiger partial charge in [-0.05, 0) is 0 Å². The maximum absolute atomic E-state index is 14.0. The molecule has 398 valence electrons. The molecule has 13 nitrogen and oxygen atoms in total. The highest BCUT2D eigenvalue weighted by atomic mass is 19.3. The van der Waals surface area contributed by atoms with Gasteiger partial charge in [-0.3, -0.25) is 9.47 Å². The largest absolute Gasteiger partial charge is 0.394 e. The van der Waals surface area contributed by atoms with Crippen molar-refractivity contribution in [3.63, 3.8) is 0 Å². The number of halogens is 20.